The van der Waals surface area contributed by atoms with Crippen molar-refractivity contribution in [2.24, 2.45) is 4.99 Å². The molecule has 1 aliphatic heterocycles. The minimum absolute atomic E-state index is 0. The molecule has 2 aromatic rings. The summed E-state index contributed by atoms with van der Waals surface area (Å²) in [6.45, 7) is 4.90. The first-order chi connectivity index (χ1) is 13.7. The molecule has 0 aliphatic carbocycles. The molecular formula is C22H29ClIN3O2. The monoisotopic (exact) mass is 529 g/mol. The minimum atomic E-state index is -0.648. The normalized spacial score (nSPS) is 16.1. The van der Waals surface area contributed by atoms with Gasteiger partial charge in [-0.25, -0.2) is 0 Å². The number of likely N-dealkylation sites (tertiary alicyclic amines) is 1. The van der Waals surface area contributed by atoms with Crippen LogP contribution in [0.15, 0.2) is 59.6 Å². The van der Waals surface area contributed by atoms with Gasteiger partial charge in [0.25, 0.3) is 0 Å². The van der Waals surface area contributed by atoms with Crippen molar-refractivity contribution in [3.8, 4) is 5.75 Å². The third kappa shape index (κ3) is 7.35. The van der Waals surface area contributed by atoms with Crippen molar-refractivity contribution < 1.29 is 9.84 Å². The van der Waals surface area contributed by atoms with E-state index in [1.165, 1.54) is 0 Å². The maximum absolute atomic E-state index is 10.4. The number of rotatable bonds is 6. The van der Waals surface area contributed by atoms with Gasteiger partial charge in [-0.15, -0.1) is 24.0 Å². The zero-order valence-corrected chi connectivity index (χ0v) is 19.7. The number of guanidine groups is 1. The van der Waals surface area contributed by atoms with Gasteiger partial charge < -0.3 is 20.1 Å². The molecule has 29 heavy (non-hydrogen) atoms. The van der Waals surface area contributed by atoms with E-state index in [1.54, 1.807) is 12.1 Å². The maximum atomic E-state index is 10.4. The molecule has 0 saturated carbocycles. The highest BCUT2D eigenvalue weighted by molar-refractivity contribution is 14.0. The van der Waals surface area contributed by atoms with Crippen LogP contribution in [0.25, 0.3) is 0 Å². The van der Waals surface area contributed by atoms with E-state index >= 15 is 0 Å². The average molecular weight is 530 g/mol. The number of benzene rings is 2. The van der Waals surface area contributed by atoms with E-state index in [1.807, 2.05) is 42.5 Å². The van der Waals surface area contributed by atoms with Crippen molar-refractivity contribution in [1.82, 2.24) is 10.2 Å². The smallest absolute Gasteiger partial charge is 0.194 e. The Morgan fingerprint density at radius 3 is 2.45 bits per heavy atom. The van der Waals surface area contributed by atoms with Gasteiger partial charge in [-0.3, -0.25) is 4.99 Å². The number of ether oxygens (including phenoxy) is 1. The molecule has 2 N–H and O–H groups in total. The van der Waals surface area contributed by atoms with Crippen molar-refractivity contribution in [3.05, 3.63) is 65.2 Å². The first-order valence-corrected chi connectivity index (χ1v) is 10.2. The molecule has 7 heteroatoms. The summed E-state index contributed by atoms with van der Waals surface area (Å²) in [5.41, 5.74) is 0.818. The van der Waals surface area contributed by atoms with Crippen LogP contribution in [-0.4, -0.2) is 48.2 Å². The molecule has 1 fully saturated rings. The molecule has 0 amide bonds. The number of aliphatic imine (C=N–C) groups is 1. The van der Waals surface area contributed by atoms with E-state index in [-0.39, 0.29) is 30.1 Å². The average Bonchev–Trinajstić information content (AvgIpc) is 2.73. The third-order valence-electron chi connectivity index (χ3n) is 4.79. The molecule has 158 valence electrons. The lowest BCUT2D eigenvalue weighted by Gasteiger charge is -2.34. The lowest BCUT2D eigenvalue weighted by Crippen LogP contribution is -2.47. The molecule has 1 aliphatic rings. The van der Waals surface area contributed by atoms with Crippen LogP contribution in [0.3, 0.4) is 0 Å². The third-order valence-corrected chi connectivity index (χ3v) is 5.04. The van der Waals surface area contributed by atoms with E-state index in [4.69, 9.17) is 16.3 Å². The predicted octanol–water partition coefficient (Wildman–Crippen LogP) is 4.50. The molecule has 1 saturated heterocycles. The second-order valence-corrected chi connectivity index (χ2v) is 7.32. The Labute approximate surface area is 195 Å². The van der Waals surface area contributed by atoms with Crippen LogP contribution in [0.2, 0.25) is 5.02 Å². The Balaban J connectivity index is 0.00000300. The van der Waals surface area contributed by atoms with Crippen molar-refractivity contribution in [3.63, 3.8) is 0 Å². The fourth-order valence-corrected chi connectivity index (χ4v) is 3.39. The number of para-hydroxylation sites is 1. The number of aliphatic hydroxyl groups excluding tert-OH is 1. The number of piperidine rings is 1. The maximum Gasteiger partial charge on any atom is 0.194 e. The number of halogens is 2. The molecule has 1 heterocycles. The van der Waals surface area contributed by atoms with Crippen molar-refractivity contribution in [2.75, 3.05) is 26.2 Å². The summed E-state index contributed by atoms with van der Waals surface area (Å²) >= 11 is 5.91. The van der Waals surface area contributed by atoms with Crippen LogP contribution in [0.4, 0.5) is 0 Å². The van der Waals surface area contributed by atoms with Gasteiger partial charge in [0.05, 0.1) is 12.6 Å². The minimum Gasteiger partial charge on any atom is -0.490 e. The van der Waals surface area contributed by atoms with Crippen molar-refractivity contribution >= 4 is 41.5 Å². The van der Waals surface area contributed by atoms with Crippen LogP contribution >= 0.6 is 35.6 Å². The van der Waals surface area contributed by atoms with E-state index in [0.29, 0.717) is 11.6 Å². The van der Waals surface area contributed by atoms with Gasteiger partial charge in [-0.1, -0.05) is 41.9 Å². The van der Waals surface area contributed by atoms with Crippen molar-refractivity contribution in [1.29, 1.82) is 0 Å². The number of hydrogen-bond donors (Lipinski definition) is 2. The number of nitrogens with one attached hydrogen (secondary N) is 1. The predicted molar refractivity (Wildman–Crippen MR) is 129 cm³/mol. The van der Waals surface area contributed by atoms with Gasteiger partial charge in [0.2, 0.25) is 0 Å². The number of hydrogen-bond acceptors (Lipinski definition) is 3. The molecule has 3 rings (SSSR count). The number of nitrogens with zero attached hydrogens (tertiary/aromatic N) is 2. The molecular weight excluding hydrogens is 501 g/mol. The van der Waals surface area contributed by atoms with Crippen LogP contribution < -0.4 is 10.1 Å². The zero-order valence-electron chi connectivity index (χ0n) is 16.6. The first kappa shape index (κ1) is 23.8. The topological polar surface area (TPSA) is 57.1 Å². The quantitative estimate of drug-likeness (QED) is 0.329. The van der Waals surface area contributed by atoms with Gasteiger partial charge in [0.1, 0.15) is 11.9 Å². The highest BCUT2D eigenvalue weighted by atomic mass is 127. The largest absolute Gasteiger partial charge is 0.490 e. The Morgan fingerprint density at radius 2 is 1.83 bits per heavy atom. The first-order valence-electron chi connectivity index (χ1n) is 9.84. The van der Waals surface area contributed by atoms with Crippen LogP contribution in [0.1, 0.15) is 31.4 Å². The Bertz CT molecular complexity index is 750. The molecule has 2 aromatic carbocycles. The van der Waals surface area contributed by atoms with Gasteiger partial charge >= 0.3 is 0 Å². The summed E-state index contributed by atoms with van der Waals surface area (Å²) < 4.78 is 6.07. The van der Waals surface area contributed by atoms with Gasteiger partial charge in [-0.05, 0) is 36.8 Å². The lowest BCUT2D eigenvalue weighted by molar-refractivity contribution is 0.129. The van der Waals surface area contributed by atoms with E-state index in [9.17, 15) is 5.11 Å². The molecule has 0 bridgehead atoms. The standard InChI is InChI=1S/C22H28ClN3O2.HI/c1-2-24-22(25-16-21(27)17-8-10-18(23)11-9-17)26-14-12-20(13-15-26)28-19-6-4-3-5-7-19;/h3-11,20-21,27H,2,12-16H2,1H3,(H,24,25);1H. The fraction of sp³-hybridized carbons (Fsp3) is 0.409. The second kappa shape index (κ2) is 12.2. The fourth-order valence-electron chi connectivity index (χ4n) is 3.27. The number of aliphatic hydroxyl groups is 1. The summed E-state index contributed by atoms with van der Waals surface area (Å²) in [6.07, 6.45) is 1.46. The van der Waals surface area contributed by atoms with E-state index < -0.39 is 6.10 Å². The highest BCUT2D eigenvalue weighted by Crippen LogP contribution is 2.20. The molecule has 1 unspecified atom stereocenters. The van der Waals surface area contributed by atoms with Crippen LogP contribution in [0, 0.1) is 0 Å². The molecule has 5 nitrogen and oxygen atoms in total. The van der Waals surface area contributed by atoms with E-state index in [2.05, 4.69) is 22.1 Å². The highest BCUT2D eigenvalue weighted by Gasteiger charge is 2.23. The molecule has 0 aromatic heterocycles. The summed E-state index contributed by atoms with van der Waals surface area (Å²) in [7, 11) is 0. The van der Waals surface area contributed by atoms with Gasteiger partial charge in [0, 0.05) is 37.5 Å². The molecule has 0 spiro atoms. The zero-order chi connectivity index (χ0) is 19.8. The lowest BCUT2D eigenvalue weighted by atomic mass is 10.1. The summed E-state index contributed by atoms with van der Waals surface area (Å²) in [6, 6.07) is 17.2. The Kier molecular flexibility index (Phi) is 10.0. The molecule has 1 atom stereocenters. The Morgan fingerprint density at radius 1 is 1.17 bits per heavy atom. The second-order valence-electron chi connectivity index (χ2n) is 6.88. The summed E-state index contributed by atoms with van der Waals surface area (Å²) in [4.78, 5) is 6.89. The Hall–Kier alpha value is -1.51. The van der Waals surface area contributed by atoms with Gasteiger partial charge in [-0.2, -0.15) is 0 Å². The summed E-state index contributed by atoms with van der Waals surface area (Å²) in [5.74, 6) is 1.77. The summed E-state index contributed by atoms with van der Waals surface area (Å²) in [5, 5.41) is 14.4. The SMILES string of the molecule is CCNC(=NCC(O)c1ccc(Cl)cc1)N1CCC(Oc2ccccc2)CC1.I. The van der Waals surface area contributed by atoms with Crippen LogP contribution in [-0.2, 0) is 0 Å². The van der Waals surface area contributed by atoms with Crippen LogP contribution in [0.5, 0.6) is 5.75 Å². The van der Waals surface area contributed by atoms with Gasteiger partial charge in [0.15, 0.2) is 5.96 Å². The van der Waals surface area contributed by atoms with Crippen molar-refractivity contribution in [2.45, 2.75) is 32.0 Å². The van der Waals surface area contributed by atoms with E-state index in [0.717, 1.165) is 49.7 Å². The molecule has 0 radical (unpaired) electrons.